The smallest absolute Gasteiger partial charge is 0.361 e. The molecule has 0 saturated carbocycles. The highest BCUT2D eigenvalue weighted by molar-refractivity contribution is 9.10. The van der Waals surface area contributed by atoms with E-state index in [1.165, 1.54) is 18.9 Å². The van der Waals surface area contributed by atoms with Crippen molar-refractivity contribution in [3.8, 4) is 5.75 Å². The quantitative estimate of drug-likeness (QED) is 0.546. The zero-order valence-electron chi connectivity index (χ0n) is 14.2. The third-order valence-corrected chi connectivity index (χ3v) is 5.15. The molecule has 0 atom stereocenters. The number of carbonyl (C=O) groups excluding carboxylic acids is 1. The fraction of sp³-hybridized carbons (Fsp3) is 0.167. The molecule has 6 nitrogen and oxygen atoms in total. The number of hydrogen-bond acceptors (Lipinski definition) is 6. The van der Waals surface area contributed by atoms with Crippen molar-refractivity contribution in [2.75, 3.05) is 14.2 Å². The van der Waals surface area contributed by atoms with Gasteiger partial charge in [0.1, 0.15) is 10.8 Å². The van der Waals surface area contributed by atoms with Gasteiger partial charge in [-0.1, -0.05) is 51.1 Å². The number of esters is 1. The number of halogens is 1. The second-order valence-corrected chi connectivity index (χ2v) is 7.28. The Kier molecular flexibility index (Phi) is 5.95. The maximum atomic E-state index is 12.1. The summed E-state index contributed by atoms with van der Waals surface area (Å²) in [7, 11) is 2.96. The van der Waals surface area contributed by atoms with Crippen molar-refractivity contribution >= 4 is 33.7 Å². The van der Waals surface area contributed by atoms with Crippen LogP contribution in [0.25, 0.3) is 0 Å². The molecule has 0 saturated heterocycles. The molecular formula is C18H16BrN3O3S. The molecule has 3 aromatic rings. The minimum atomic E-state index is -0.511. The van der Waals surface area contributed by atoms with Crippen LogP contribution in [0.1, 0.15) is 16.1 Å². The van der Waals surface area contributed by atoms with Gasteiger partial charge in [-0.15, -0.1) is 5.10 Å². The van der Waals surface area contributed by atoms with Crippen LogP contribution < -0.4 is 4.74 Å². The zero-order chi connectivity index (χ0) is 18.5. The fourth-order valence-corrected chi connectivity index (χ4v) is 3.81. The fourth-order valence-electron chi connectivity index (χ4n) is 2.28. The molecule has 0 unspecified atom stereocenters. The summed E-state index contributed by atoms with van der Waals surface area (Å²) in [6, 6.07) is 15.5. The molecule has 1 heterocycles. The maximum absolute atomic E-state index is 12.1. The van der Waals surface area contributed by atoms with E-state index in [1.807, 2.05) is 48.5 Å². The molecule has 8 heteroatoms. The first-order valence-electron chi connectivity index (χ1n) is 7.69. The van der Waals surface area contributed by atoms with Gasteiger partial charge in [0.25, 0.3) is 0 Å². The van der Waals surface area contributed by atoms with Crippen molar-refractivity contribution in [1.82, 2.24) is 15.0 Å². The van der Waals surface area contributed by atoms with Gasteiger partial charge in [-0.3, -0.25) is 0 Å². The first-order chi connectivity index (χ1) is 12.6. The van der Waals surface area contributed by atoms with Crippen LogP contribution in [0, 0.1) is 0 Å². The van der Waals surface area contributed by atoms with Crippen LogP contribution in [-0.4, -0.2) is 35.2 Å². The lowest BCUT2D eigenvalue weighted by Gasteiger charge is -2.08. The molecule has 0 amide bonds. The van der Waals surface area contributed by atoms with Crippen molar-refractivity contribution in [3.63, 3.8) is 0 Å². The Morgan fingerprint density at radius 3 is 2.62 bits per heavy atom. The molecule has 0 aliphatic heterocycles. The molecule has 0 N–H and O–H groups in total. The summed E-state index contributed by atoms with van der Waals surface area (Å²) in [4.78, 5) is 13.0. The molecule has 26 heavy (non-hydrogen) atoms. The first kappa shape index (κ1) is 18.5. The van der Waals surface area contributed by atoms with Gasteiger partial charge in [0.05, 0.1) is 20.8 Å². The second-order valence-electron chi connectivity index (χ2n) is 5.30. The van der Waals surface area contributed by atoms with E-state index < -0.39 is 5.97 Å². The molecule has 0 fully saturated rings. The number of benzene rings is 2. The normalized spacial score (nSPS) is 10.6. The summed E-state index contributed by atoms with van der Waals surface area (Å²) >= 11 is 4.87. The SMILES string of the molecule is COC(=O)c1nnn(Cc2ccc(OC)cc2)c1Sc1cccc(Br)c1. The van der Waals surface area contributed by atoms with Crippen LogP contribution in [0.5, 0.6) is 5.75 Å². The van der Waals surface area contributed by atoms with Crippen LogP contribution in [-0.2, 0) is 11.3 Å². The Labute approximate surface area is 163 Å². The average molecular weight is 434 g/mol. The van der Waals surface area contributed by atoms with Gasteiger partial charge in [-0.25, -0.2) is 9.48 Å². The van der Waals surface area contributed by atoms with E-state index in [2.05, 4.69) is 26.2 Å². The van der Waals surface area contributed by atoms with Gasteiger partial charge >= 0.3 is 5.97 Å². The third kappa shape index (κ3) is 4.25. The van der Waals surface area contributed by atoms with E-state index in [0.29, 0.717) is 11.6 Å². The standard InChI is InChI=1S/C18H16BrN3O3S/c1-24-14-8-6-12(7-9-14)11-22-17(16(20-21-22)18(23)25-2)26-15-5-3-4-13(19)10-15/h3-10H,11H2,1-2H3. The number of nitrogens with zero attached hydrogens (tertiary/aromatic N) is 3. The molecule has 0 aliphatic carbocycles. The lowest BCUT2D eigenvalue weighted by atomic mass is 10.2. The Morgan fingerprint density at radius 1 is 1.19 bits per heavy atom. The molecule has 0 bridgehead atoms. The summed E-state index contributed by atoms with van der Waals surface area (Å²) < 4.78 is 12.7. The molecule has 134 valence electrons. The van der Waals surface area contributed by atoms with Gasteiger partial charge in [-0.2, -0.15) is 0 Å². The number of hydrogen-bond donors (Lipinski definition) is 0. The van der Waals surface area contributed by atoms with E-state index in [1.54, 1.807) is 11.8 Å². The predicted molar refractivity (Wildman–Crippen MR) is 102 cm³/mol. The topological polar surface area (TPSA) is 66.2 Å². The number of rotatable bonds is 6. The molecular weight excluding hydrogens is 418 g/mol. The van der Waals surface area contributed by atoms with Gasteiger partial charge in [-0.05, 0) is 35.9 Å². The van der Waals surface area contributed by atoms with Gasteiger partial charge in [0.15, 0.2) is 0 Å². The van der Waals surface area contributed by atoms with Crippen molar-refractivity contribution in [2.24, 2.45) is 0 Å². The Bertz CT molecular complexity index is 912. The summed E-state index contributed by atoms with van der Waals surface area (Å²) in [5, 5.41) is 8.79. The summed E-state index contributed by atoms with van der Waals surface area (Å²) in [5.41, 5.74) is 1.22. The molecule has 2 aromatic carbocycles. The van der Waals surface area contributed by atoms with Gasteiger partial charge < -0.3 is 9.47 Å². The van der Waals surface area contributed by atoms with Gasteiger partial charge in [0, 0.05) is 9.37 Å². The van der Waals surface area contributed by atoms with E-state index in [4.69, 9.17) is 9.47 Å². The van der Waals surface area contributed by atoms with Crippen molar-refractivity contribution in [1.29, 1.82) is 0 Å². The summed E-state index contributed by atoms with van der Waals surface area (Å²) in [5.74, 6) is 0.273. The molecule has 1 aromatic heterocycles. The average Bonchev–Trinajstić information content (AvgIpc) is 3.04. The van der Waals surface area contributed by atoms with E-state index in [0.717, 1.165) is 20.7 Å². The van der Waals surface area contributed by atoms with Crippen molar-refractivity contribution < 1.29 is 14.3 Å². The van der Waals surface area contributed by atoms with Crippen LogP contribution in [0.3, 0.4) is 0 Å². The number of carbonyl (C=O) groups is 1. The summed E-state index contributed by atoms with van der Waals surface area (Å²) in [6.07, 6.45) is 0. The van der Waals surface area contributed by atoms with E-state index >= 15 is 0 Å². The largest absolute Gasteiger partial charge is 0.497 e. The lowest BCUT2D eigenvalue weighted by molar-refractivity contribution is 0.0589. The predicted octanol–water partition coefficient (Wildman–Crippen LogP) is 4.04. The lowest BCUT2D eigenvalue weighted by Crippen LogP contribution is -2.06. The Hall–Kier alpha value is -2.32. The monoisotopic (exact) mass is 433 g/mol. The van der Waals surface area contributed by atoms with Crippen molar-refractivity contribution in [2.45, 2.75) is 16.5 Å². The maximum Gasteiger partial charge on any atom is 0.361 e. The minimum absolute atomic E-state index is 0.200. The van der Waals surface area contributed by atoms with E-state index in [9.17, 15) is 4.79 Å². The molecule has 0 radical (unpaired) electrons. The highest BCUT2D eigenvalue weighted by Gasteiger charge is 2.21. The number of aromatic nitrogens is 3. The molecule has 3 rings (SSSR count). The Balaban J connectivity index is 1.93. The third-order valence-electron chi connectivity index (χ3n) is 3.57. The molecule has 0 spiro atoms. The minimum Gasteiger partial charge on any atom is -0.497 e. The highest BCUT2D eigenvalue weighted by atomic mass is 79.9. The van der Waals surface area contributed by atoms with Crippen LogP contribution in [0.2, 0.25) is 0 Å². The Morgan fingerprint density at radius 2 is 1.96 bits per heavy atom. The van der Waals surface area contributed by atoms with Crippen LogP contribution in [0.15, 0.2) is 62.9 Å². The van der Waals surface area contributed by atoms with Crippen LogP contribution >= 0.6 is 27.7 Å². The molecule has 0 aliphatic rings. The number of ether oxygens (including phenoxy) is 2. The van der Waals surface area contributed by atoms with E-state index in [-0.39, 0.29) is 5.69 Å². The summed E-state index contributed by atoms with van der Waals surface area (Å²) in [6.45, 7) is 0.477. The second kappa shape index (κ2) is 8.37. The van der Waals surface area contributed by atoms with Crippen molar-refractivity contribution in [3.05, 3.63) is 64.3 Å². The van der Waals surface area contributed by atoms with Crippen LogP contribution in [0.4, 0.5) is 0 Å². The number of methoxy groups -OCH3 is 2. The van der Waals surface area contributed by atoms with Gasteiger partial charge in [0.2, 0.25) is 5.69 Å². The zero-order valence-corrected chi connectivity index (χ0v) is 16.6. The highest BCUT2D eigenvalue weighted by Crippen LogP contribution is 2.32. The first-order valence-corrected chi connectivity index (χ1v) is 9.30.